The minimum absolute atomic E-state index is 0.0455. The Morgan fingerprint density at radius 3 is 2.63 bits per heavy atom. The Morgan fingerprint density at radius 2 is 2.00 bits per heavy atom. The number of carbonyl (C=O) groups is 1. The van der Waals surface area contributed by atoms with Crippen LogP contribution in [0.2, 0.25) is 0 Å². The van der Waals surface area contributed by atoms with Crippen LogP contribution < -0.4 is 5.56 Å². The largest absolute Gasteiger partial charge is 0.308 e. The molecule has 0 radical (unpaired) electrons. The van der Waals surface area contributed by atoms with Crippen molar-refractivity contribution in [3.63, 3.8) is 0 Å². The van der Waals surface area contributed by atoms with Gasteiger partial charge in [0.2, 0.25) is 0 Å². The second kappa shape index (κ2) is 5.57. The smallest absolute Gasteiger partial charge is 0.263 e. The van der Waals surface area contributed by atoms with Gasteiger partial charge < -0.3 is 4.57 Å². The van der Waals surface area contributed by atoms with E-state index in [1.807, 2.05) is 24.3 Å². The quantitative estimate of drug-likeness (QED) is 0.803. The molecule has 0 unspecified atom stereocenters. The number of halogens is 1. The maximum atomic E-state index is 12.3. The first-order valence-electron chi connectivity index (χ1n) is 6.33. The maximum Gasteiger partial charge on any atom is 0.263 e. The van der Waals surface area contributed by atoms with Gasteiger partial charge in [0.25, 0.3) is 10.8 Å². The third kappa shape index (κ3) is 2.87. The predicted molar refractivity (Wildman–Crippen MR) is 77.8 cm³/mol. The van der Waals surface area contributed by atoms with Crippen molar-refractivity contribution in [1.29, 1.82) is 0 Å². The molecule has 1 heterocycles. The molecule has 0 saturated heterocycles. The molecular weight excluding hydrogens is 262 g/mol. The molecule has 2 aromatic rings. The Balaban J connectivity index is 2.66. The van der Waals surface area contributed by atoms with E-state index in [4.69, 9.17) is 11.6 Å². The molecule has 0 spiro atoms. The van der Waals surface area contributed by atoms with Crippen LogP contribution in [-0.2, 0) is 6.54 Å². The molecular formula is C15H16ClNO2. The summed E-state index contributed by atoms with van der Waals surface area (Å²) in [6.07, 6.45) is 0.879. The van der Waals surface area contributed by atoms with Gasteiger partial charge in [-0.1, -0.05) is 32.0 Å². The van der Waals surface area contributed by atoms with Gasteiger partial charge in [0.15, 0.2) is 0 Å². The lowest BCUT2D eigenvalue weighted by Gasteiger charge is -2.12. The summed E-state index contributed by atoms with van der Waals surface area (Å²) in [5.74, 6) is 0.487. The third-order valence-corrected chi connectivity index (χ3v) is 3.35. The Labute approximate surface area is 116 Å². The summed E-state index contributed by atoms with van der Waals surface area (Å²) in [5, 5.41) is 0.156. The summed E-state index contributed by atoms with van der Waals surface area (Å²) in [4.78, 5) is 23.6. The Hall–Kier alpha value is -1.61. The lowest BCUT2D eigenvalue weighted by Crippen LogP contribution is -2.26. The van der Waals surface area contributed by atoms with E-state index < -0.39 is 5.24 Å². The van der Waals surface area contributed by atoms with Gasteiger partial charge in [0.1, 0.15) is 5.56 Å². The number of aryl methyl sites for hydroxylation is 1. The van der Waals surface area contributed by atoms with Crippen LogP contribution in [-0.4, -0.2) is 9.81 Å². The molecule has 0 aliphatic carbocycles. The van der Waals surface area contributed by atoms with E-state index in [0.29, 0.717) is 12.5 Å². The zero-order chi connectivity index (χ0) is 14.0. The van der Waals surface area contributed by atoms with Gasteiger partial charge in [-0.2, -0.15) is 0 Å². The minimum atomic E-state index is -0.700. The van der Waals surface area contributed by atoms with E-state index >= 15 is 0 Å². The zero-order valence-electron chi connectivity index (χ0n) is 11.0. The summed E-state index contributed by atoms with van der Waals surface area (Å²) in [5.41, 5.74) is 0.582. The molecule has 3 nitrogen and oxygen atoms in total. The molecule has 0 aliphatic rings. The molecule has 1 aromatic carbocycles. The van der Waals surface area contributed by atoms with E-state index in [0.717, 1.165) is 17.3 Å². The van der Waals surface area contributed by atoms with Gasteiger partial charge in [-0.25, -0.2) is 0 Å². The summed E-state index contributed by atoms with van der Waals surface area (Å²) in [6.45, 7) is 4.79. The van der Waals surface area contributed by atoms with Gasteiger partial charge in [-0.15, -0.1) is 0 Å². The maximum absolute atomic E-state index is 12.3. The van der Waals surface area contributed by atoms with Crippen molar-refractivity contribution >= 4 is 27.7 Å². The highest BCUT2D eigenvalue weighted by atomic mass is 35.5. The summed E-state index contributed by atoms with van der Waals surface area (Å²) in [6, 6.07) is 9.10. The molecule has 0 fully saturated rings. The van der Waals surface area contributed by atoms with Gasteiger partial charge >= 0.3 is 0 Å². The lowest BCUT2D eigenvalue weighted by molar-refractivity contribution is 0.107. The number of pyridine rings is 1. The molecule has 1 aromatic heterocycles. The number of benzene rings is 1. The van der Waals surface area contributed by atoms with Crippen molar-refractivity contribution in [2.24, 2.45) is 5.92 Å². The summed E-state index contributed by atoms with van der Waals surface area (Å²) in [7, 11) is 0. The first-order valence-corrected chi connectivity index (χ1v) is 6.71. The fourth-order valence-electron chi connectivity index (χ4n) is 2.08. The number of carbonyl (C=O) groups excluding carboxylic acids is 1. The number of aromatic nitrogens is 1. The normalized spacial score (nSPS) is 11.2. The number of hydrogen-bond acceptors (Lipinski definition) is 2. The van der Waals surface area contributed by atoms with Crippen LogP contribution in [0.3, 0.4) is 0 Å². The third-order valence-electron chi connectivity index (χ3n) is 3.14. The average Bonchev–Trinajstić information content (AvgIpc) is 2.36. The minimum Gasteiger partial charge on any atom is -0.308 e. The number of rotatable bonds is 4. The number of fused-ring (bicyclic) bond motifs is 1. The highest BCUT2D eigenvalue weighted by Gasteiger charge is 2.13. The first-order chi connectivity index (χ1) is 9.00. The second-order valence-corrected chi connectivity index (χ2v) is 5.37. The van der Waals surface area contributed by atoms with Crippen molar-refractivity contribution in [1.82, 2.24) is 4.57 Å². The standard InChI is InChI=1S/C15H16ClNO2/c1-10(2)7-8-17-13-6-4-3-5-11(13)9-12(14(16)18)15(17)19/h3-6,9-10H,7-8H2,1-2H3. The van der Waals surface area contributed by atoms with Gasteiger partial charge in [0, 0.05) is 6.54 Å². The molecule has 19 heavy (non-hydrogen) atoms. The second-order valence-electron chi connectivity index (χ2n) is 5.03. The zero-order valence-corrected chi connectivity index (χ0v) is 11.8. The summed E-state index contributed by atoms with van der Waals surface area (Å²) >= 11 is 5.49. The molecule has 2 rings (SSSR count). The van der Waals surface area contributed by atoms with E-state index in [1.54, 1.807) is 10.6 Å². The first kappa shape index (κ1) is 13.8. The van der Waals surface area contributed by atoms with E-state index in [9.17, 15) is 9.59 Å². The van der Waals surface area contributed by atoms with Crippen LogP contribution in [0.4, 0.5) is 0 Å². The van der Waals surface area contributed by atoms with Crippen LogP contribution in [0, 0.1) is 5.92 Å². The van der Waals surface area contributed by atoms with Gasteiger partial charge in [-0.3, -0.25) is 9.59 Å². The molecule has 0 aliphatic heterocycles. The van der Waals surface area contributed by atoms with Crippen LogP contribution in [0.15, 0.2) is 35.1 Å². The Kier molecular flexibility index (Phi) is 4.05. The van der Waals surface area contributed by atoms with Crippen LogP contribution in [0.1, 0.15) is 30.6 Å². The van der Waals surface area contributed by atoms with Gasteiger partial charge in [-0.05, 0) is 41.5 Å². The van der Waals surface area contributed by atoms with Crippen molar-refractivity contribution in [3.05, 3.63) is 46.2 Å². The molecule has 0 atom stereocenters. The molecule has 0 bridgehead atoms. The summed E-state index contributed by atoms with van der Waals surface area (Å²) < 4.78 is 1.64. The van der Waals surface area contributed by atoms with E-state index in [1.165, 1.54) is 0 Å². The predicted octanol–water partition coefficient (Wildman–Crippen LogP) is 3.43. The SMILES string of the molecule is CC(C)CCn1c(=O)c(C(=O)Cl)cc2ccccc21. The number of para-hydroxylation sites is 1. The van der Waals surface area contributed by atoms with E-state index in [-0.39, 0.29) is 11.1 Å². The fourth-order valence-corrected chi connectivity index (χ4v) is 2.21. The van der Waals surface area contributed by atoms with Crippen LogP contribution in [0.5, 0.6) is 0 Å². The molecule has 4 heteroatoms. The number of hydrogen-bond donors (Lipinski definition) is 0. The molecule has 0 amide bonds. The monoisotopic (exact) mass is 277 g/mol. The topological polar surface area (TPSA) is 39.1 Å². The lowest BCUT2D eigenvalue weighted by atomic mass is 10.1. The fraction of sp³-hybridized carbons (Fsp3) is 0.333. The Morgan fingerprint density at radius 1 is 1.32 bits per heavy atom. The van der Waals surface area contributed by atoms with Gasteiger partial charge in [0.05, 0.1) is 5.52 Å². The average molecular weight is 278 g/mol. The molecule has 0 N–H and O–H groups in total. The van der Waals surface area contributed by atoms with Crippen molar-refractivity contribution in [2.45, 2.75) is 26.8 Å². The van der Waals surface area contributed by atoms with Crippen molar-refractivity contribution in [2.75, 3.05) is 0 Å². The van der Waals surface area contributed by atoms with E-state index in [2.05, 4.69) is 13.8 Å². The molecule has 100 valence electrons. The van der Waals surface area contributed by atoms with Crippen molar-refractivity contribution in [3.8, 4) is 0 Å². The van der Waals surface area contributed by atoms with Crippen LogP contribution in [0.25, 0.3) is 10.9 Å². The van der Waals surface area contributed by atoms with Crippen molar-refractivity contribution < 1.29 is 4.79 Å². The highest BCUT2D eigenvalue weighted by Crippen LogP contribution is 2.15. The highest BCUT2D eigenvalue weighted by molar-refractivity contribution is 6.67. The van der Waals surface area contributed by atoms with Crippen LogP contribution >= 0.6 is 11.6 Å². The molecule has 0 saturated carbocycles. The Bertz CT molecular complexity index is 673. The number of nitrogens with zero attached hydrogens (tertiary/aromatic N) is 1.